The van der Waals surface area contributed by atoms with Crippen molar-refractivity contribution in [3.63, 3.8) is 0 Å². The van der Waals surface area contributed by atoms with Gasteiger partial charge in [0.1, 0.15) is 5.69 Å². The number of amides is 1. The van der Waals surface area contributed by atoms with Crippen LogP contribution in [0.3, 0.4) is 0 Å². The molecule has 1 amide bonds. The largest absolute Gasteiger partial charge is 0.467 e. The molecule has 1 aromatic carbocycles. The molecule has 0 bridgehead atoms. The molecule has 1 aliphatic carbocycles. The summed E-state index contributed by atoms with van der Waals surface area (Å²) in [5, 5.41) is 4.79. The van der Waals surface area contributed by atoms with Crippen molar-refractivity contribution in [3.8, 4) is 6.01 Å². The van der Waals surface area contributed by atoms with Crippen LogP contribution in [0, 0.1) is 6.92 Å². The zero-order chi connectivity index (χ0) is 24.9. The third-order valence-electron chi connectivity index (χ3n) is 7.20. The molecule has 2 fully saturated rings. The summed E-state index contributed by atoms with van der Waals surface area (Å²) in [6.45, 7) is 3.27. The predicted octanol–water partition coefficient (Wildman–Crippen LogP) is 4.84. The highest BCUT2D eigenvalue weighted by Gasteiger charge is 2.31. The van der Waals surface area contributed by atoms with Crippen molar-refractivity contribution < 1.29 is 14.3 Å². The van der Waals surface area contributed by atoms with Crippen LogP contribution in [0.2, 0.25) is 10.0 Å². The number of likely N-dealkylation sites (tertiary alicyclic amines) is 1. The van der Waals surface area contributed by atoms with Gasteiger partial charge in [0.05, 0.1) is 29.0 Å². The Labute approximate surface area is 217 Å². The Kier molecular flexibility index (Phi) is 8.87. The first-order chi connectivity index (χ1) is 16.9. The number of nitrogens with zero attached hydrogens (tertiary/aromatic N) is 3. The number of rotatable bonds is 7. The summed E-state index contributed by atoms with van der Waals surface area (Å²) in [6, 6.07) is 6.47. The van der Waals surface area contributed by atoms with Gasteiger partial charge in [0.15, 0.2) is 0 Å². The van der Waals surface area contributed by atoms with Gasteiger partial charge in [-0.3, -0.25) is 4.79 Å². The van der Waals surface area contributed by atoms with Crippen LogP contribution < -0.4 is 10.1 Å². The number of nitrogens with one attached hydrogen (secondary N) is 1. The quantitative estimate of drug-likeness (QED) is 0.562. The van der Waals surface area contributed by atoms with Crippen LogP contribution in [0.25, 0.3) is 0 Å². The molecule has 2 heterocycles. The average Bonchev–Trinajstić information content (AvgIpc) is 2.88. The van der Waals surface area contributed by atoms with Gasteiger partial charge in [-0.25, -0.2) is 0 Å². The van der Waals surface area contributed by atoms with Crippen molar-refractivity contribution >= 4 is 29.1 Å². The van der Waals surface area contributed by atoms with E-state index >= 15 is 0 Å². The van der Waals surface area contributed by atoms with Gasteiger partial charge < -0.3 is 19.7 Å². The molecule has 190 valence electrons. The Morgan fingerprint density at radius 3 is 2.51 bits per heavy atom. The summed E-state index contributed by atoms with van der Waals surface area (Å²) in [4.78, 5) is 24.3. The summed E-state index contributed by atoms with van der Waals surface area (Å²) in [5.74, 6) is -0.0792. The number of piperidine rings is 1. The molecule has 2 atom stereocenters. The highest BCUT2D eigenvalue weighted by molar-refractivity contribution is 6.42. The molecule has 0 radical (unpaired) electrons. The number of carbonyl (C=O) groups excluding carboxylic acids is 1. The summed E-state index contributed by atoms with van der Waals surface area (Å²) in [6.07, 6.45) is 7.35. The van der Waals surface area contributed by atoms with Gasteiger partial charge in [0, 0.05) is 44.3 Å². The third kappa shape index (κ3) is 6.26. The molecule has 1 N–H and O–H groups in total. The minimum atomic E-state index is -0.0792. The maximum atomic E-state index is 13.5. The molecule has 4 rings (SSSR count). The number of halogens is 2. The molecule has 0 unspecified atom stereocenters. The molecule has 35 heavy (non-hydrogen) atoms. The Morgan fingerprint density at radius 1 is 1.09 bits per heavy atom. The smallest absolute Gasteiger partial charge is 0.317 e. The summed E-state index contributed by atoms with van der Waals surface area (Å²) >= 11 is 12.2. The highest BCUT2D eigenvalue weighted by atomic mass is 35.5. The molecule has 7 nitrogen and oxygen atoms in total. The van der Waals surface area contributed by atoms with Crippen molar-refractivity contribution in [2.24, 2.45) is 0 Å². The Hall–Kier alpha value is -1.93. The SMILES string of the molecule is COc1nc(Cc2ccc(Cl)c(Cl)c2)c(C)c(C(=O)N2CCC(N[C@@H]3CCCC[C@@H]3OC)CC2)n1. The van der Waals surface area contributed by atoms with Gasteiger partial charge >= 0.3 is 6.01 Å². The lowest BCUT2D eigenvalue weighted by molar-refractivity contribution is 0.0329. The summed E-state index contributed by atoms with van der Waals surface area (Å²) in [5.41, 5.74) is 2.83. The fourth-order valence-electron chi connectivity index (χ4n) is 5.13. The van der Waals surface area contributed by atoms with Gasteiger partial charge in [0.25, 0.3) is 5.91 Å². The van der Waals surface area contributed by atoms with Gasteiger partial charge in [-0.15, -0.1) is 0 Å². The maximum absolute atomic E-state index is 13.5. The second-order valence-electron chi connectivity index (χ2n) is 9.45. The number of ether oxygens (including phenoxy) is 2. The predicted molar refractivity (Wildman–Crippen MR) is 138 cm³/mol. The Balaban J connectivity index is 1.44. The van der Waals surface area contributed by atoms with Crippen molar-refractivity contribution in [3.05, 3.63) is 50.8 Å². The topological polar surface area (TPSA) is 76.6 Å². The molecule has 1 saturated carbocycles. The third-order valence-corrected chi connectivity index (χ3v) is 7.94. The monoisotopic (exact) mass is 520 g/mol. The Bertz CT molecular complexity index is 1040. The first kappa shape index (κ1) is 26.1. The van der Waals surface area contributed by atoms with Gasteiger partial charge in [0.2, 0.25) is 0 Å². The van der Waals surface area contributed by atoms with Crippen LogP contribution in [0.5, 0.6) is 6.01 Å². The number of benzene rings is 1. The average molecular weight is 521 g/mol. The maximum Gasteiger partial charge on any atom is 0.317 e. The molecule has 9 heteroatoms. The van der Waals surface area contributed by atoms with E-state index in [1.54, 1.807) is 13.2 Å². The van der Waals surface area contributed by atoms with E-state index in [4.69, 9.17) is 32.7 Å². The highest BCUT2D eigenvalue weighted by Crippen LogP contribution is 2.27. The first-order valence-electron chi connectivity index (χ1n) is 12.3. The normalized spacial score (nSPS) is 21.2. The van der Waals surface area contributed by atoms with E-state index < -0.39 is 0 Å². The van der Waals surface area contributed by atoms with Crippen LogP contribution in [-0.2, 0) is 11.2 Å². The first-order valence-corrected chi connectivity index (χ1v) is 13.1. The molecular weight excluding hydrogens is 487 g/mol. The molecule has 0 spiro atoms. The fraction of sp³-hybridized carbons (Fsp3) is 0.577. The van der Waals surface area contributed by atoms with E-state index in [0.717, 1.165) is 42.5 Å². The standard InChI is InChI=1S/C26H34Cl2N4O3/c1-16-22(15-17-8-9-19(27)20(28)14-17)30-26(35-3)31-24(16)25(33)32-12-10-18(11-13-32)29-21-6-4-5-7-23(21)34-2/h8-9,14,18,21,23,29H,4-7,10-13,15H2,1-3H3/t21-,23+/m1/s1. The minimum Gasteiger partial charge on any atom is -0.467 e. The van der Waals surface area contributed by atoms with E-state index in [9.17, 15) is 4.79 Å². The van der Waals surface area contributed by atoms with E-state index in [1.165, 1.54) is 20.0 Å². The number of hydrogen-bond acceptors (Lipinski definition) is 6. The van der Waals surface area contributed by atoms with Crippen molar-refractivity contribution in [2.75, 3.05) is 27.3 Å². The summed E-state index contributed by atoms with van der Waals surface area (Å²) < 4.78 is 11.0. The van der Waals surface area contributed by atoms with E-state index in [-0.39, 0.29) is 18.0 Å². The molecule has 1 aromatic heterocycles. The number of aromatic nitrogens is 2. The molecule has 1 saturated heterocycles. The molecule has 2 aromatic rings. The molecule has 2 aliphatic rings. The van der Waals surface area contributed by atoms with Crippen LogP contribution in [0.15, 0.2) is 18.2 Å². The lowest BCUT2D eigenvalue weighted by Gasteiger charge is -2.38. The van der Waals surface area contributed by atoms with Gasteiger partial charge in [-0.05, 0) is 50.3 Å². The van der Waals surface area contributed by atoms with Crippen LogP contribution in [-0.4, -0.2) is 66.3 Å². The van der Waals surface area contributed by atoms with Crippen molar-refractivity contribution in [1.29, 1.82) is 0 Å². The summed E-state index contributed by atoms with van der Waals surface area (Å²) in [7, 11) is 3.32. The van der Waals surface area contributed by atoms with Gasteiger partial charge in [-0.1, -0.05) is 42.1 Å². The zero-order valence-corrected chi connectivity index (χ0v) is 22.2. The van der Waals surface area contributed by atoms with Crippen LogP contribution in [0.4, 0.5) is 0 Å². The minimum absolute atomic E-state index is 0.0792. The van der Waals surface area contributed by atoms with Crippen LogP contribution >= 0.6 is 23.2 Å². The fourth-order valence-corrected chi connectivity index (χ4v) is 5.45. The lowest BCUT2D eigenvalue weighted by Crippen LogP contribution is -2.52. The van der Waals surface area contributed by atoms with E-state index in [0.29, 0.717) is 47.3 Å². The van der Waals surface area contributed by atoms with Gasteiger partial charge in [-0.2, -0.15) is 9.97 Å². The number of carbonyl (C=O) groups is 1. The number of methoxy groups -OCH3 is 2. The van der Waals surface area contributed by atoms with Crippen molar-refractivity contribution in [2.45, 2.75) is 70.1 Å². The van der Waals surface area contributed by atoms with Crippen molar-refractivity contribution in [1.82, 2.24) is 20.2 Å². The zero-order valence-electron chi connectivity index (χ0n) is 20.7. The van der Waals surface area contributed by atoms with E-state index in [2.05, 4.69) is 15.3 Å². The van der Waals surface area contributed by atoms with Crippen LogP contribution in [0.1, 0.15) is 65.8 Å². The van der Waals surface area contributed by atoms with E-state index in [1.807, 2.05) is 24.0 Å². The second-order valence-corrected chi connectivity index (χ2v) is 10.3. The molecular formula is C26H34Cl2N4O3. The second kappa shape index (κ2) is 11.9. The number of hydrogen-bond donors (Lipinski definition) is 1. The lowest BCUT2D eigenvalue weighted by atomic mass is 9.90. The Morgan fingerprint density at radius 2 is 1.83 bits per heavy atom. The molecule has 1 aliphatic heterocycles.